The summed E-state index contributed by atoms with van der Waals surface area (Å²) in [6.45, 7) is 1.60. The number of carbonyl (C=O) groups is 1. The molecule has 0 aliphatic rings. The van der Waals surface area contributed by atoms with E-state index in [1.165, 1.54) is 37.3 Å². The molecule has 110 valence electrons. The summed E-state index contributed by atoms with van der Waals surface area (Å²) in [6.07, 6.45) is 0. The molecule has 6 heteroatoms. The number of hydrogen-bond donors (Lipinski definition) is 2. The van der Waals surface area contributed by atoms with E-state index in [9.17, 15) is 13.6 Å². The van der Waals surface area contributed by atoms with Crippen LogP contribution in [0.25, 0.3) is 0 Å². The molecule has 0 aromatic heterocycles. The zero-order valence-corrected chi connectivity index (χ0v) is 12.0. The standard InChI is InChI=1S/C15H13ClF2N2O/c1-9(21)20-11-3-5-13(17)15(7-11)19-8-10-2-4-12(16)14(18)6-10/h2-7,19H,8H2,1H3,(H,20,21). The number of nitrogens with one attached hydrogen (secondary N) is 2. The summed E-state index contributed by atoms with van der Waals surface area (Å²) in [6, 6.07) is 8.56. The second-order valence-electron chi connectivity index (χ2n) is 4.48. The topological polar surface area (TPSA) is 41.1 Å². The van der Waals surface area contributed by atoms with Crippen LogP contribution in [0, 0.1) is 11.6 Å². The molecule has 1 amide bonds. The van der Waals surface area contributed by atoms with Gasteiger partial charge in [-0.15, -0.1) is 0 Å². The molecule has 2 aromatic carbocycles. The highest BCUT2D eigenvalue weighted by molar-refractivity contribution is 6.30. The highest BCUT2D eigenvalue weighted by atomic mass is 35.5. The number of carbonyl (C=O) groups excluding carboxylic acids is 1. The molecule has 0 heterocycles. The van der Waals surface area contributed by atoms with E-state index in [0.717, 1.165) is 0 Å². The van der Waals surface area contributed by atoms with Crippen LogP contribution in [0.1, 0.15) is 12.5 Å². The third-order valence-corrected chi connectivity index (χ3v) is 3.06. The predicted molar refractivity (Wildman–Crippen MR) is 79.4 cm³/mol. The Morgan fingerprint density at radius 2 is 1.90 bits per heavy atom. The fraction of sp³-hybridized carbons (Fsp3) is 0.133. The van der Waals surface area contributed by atoms with Gasteiger partial charge in [-0.2, -0.15) is 0 Å². The predicted octanol–water partition coefficient (Wildman–Crippen LogP) is 4.19. The van der Waals surface area contributed by atoms with Crippen LogP contribution in [-0.2, 0) is 11.3 Å². The van der Waals surface area contributed by atoms with Crippen LogP contribution in [0.3, 0.4) is 0 Å². The summed E-state index contributed by atoms with van der Waals surface area (Å²) < 4.78 is 27.0. The van der Waals surface area contributed by atoms with Crippen LogP contribution >= 0.6 is 11.6 Å². The third-order valence-electron chi connectivity index (χ3n) is 2.75. The highest BCUT2D eigenvalue weighted by Gasteiger charge is 2.06. The molecule has 0 unspecified atom stereocenters. The smallest absolute Gasteiger partial charge is 0.221 e. The number of halogens is 3. The summed E-state index contributed by atoms with van der Waals surface area (Å²) >= 11 is 5.60. The van der Waals surface area contributed by atoms with Crippen molar-refractivity contribution in [2.45, 2.75) is 13.5 Å². The third kappa shape index (κ3) is 4.16. The number of hydrogen-bond acceptors (Lipinski definition) is 2. The van der Waals surface area contributed by atoms with Gasteiger partial charge >= 0.3 is 0 Å². The second-order valence-corrected chi connectivity index (χ2v) is 4.89. The first-order chi connectivity index (χ1) is 9.95. The number of benzene rings is 2. The molecule has 2 N–H and O–H groups in total. The summed E-state index contributed by atoms with van der Waals surface area (Å²) in [5.41, 5.74) is 1.33. The number of rotatable bonds is 4. The van der Waals surface area contributed by atoms with Crippen LogP contribution in [0.4, 0.5) is 20.2 Å². The van der Waals surface area contributed by atoms with Crippen molar-refractivity contribution in [1.29, 1.82) is 0 Å². The van der Waals surface area contributed by atoms with Gasteiger partial charge in [0.05, 0.1) is 10.7 Å². The molecule has 0 spiro atoms. The van der Waals surface area contributed by atoms with Gasteiger partial charge in [-0.05, 0) is 35.9 Å². The van der Waals surface area contributed by atoms with Gasteiger partial charge in [0, 0.05) is 19.2 Å². The Balaban J connectivity index is 2.11. The molecule has 2 aromatic rings. The lowest BCUT2D eigenvalue weighted by Crippen LogP contribution is -2.07. The fourth-order valence-electron chi connectivity index (χ4n) is 1.79. The monoisotopic (exact) mass is 310 g/mol. The summed E-state index contributed by atoms with van der Waals surface area (Å²) in [4.78, 5) is 11.0. The van der Waals surface area contributed by atoms with Crippen molar-refractivity contribution in [2.75, 3.05) is 10.6 Å². The molecular formula is C15H13ClF2N2O. The number of amides is 1. The van der Waals surface area contributed by atoms with E-state index in [4.69, 9.17) is 11.6 Å². The molecule has 0 atom stereocenters. The molecular weight excluding hydrogens is 298 g/mol. The van der Waals surface area contributed by atoms with E-state index in [1.807, 2.05) is 0 Å². The SMILES string of the molecule is CC(=O)Nc1ccc(F)c(NCc2ccc(Cl)c(F)c2)c1. The van der Waals surface area contributed by atoms with E-state index < -0.39 is 11.6 Å². The molecule has 0 radical (unpaired) electrons. The average Bonchev–Trinajstić information content (AvgIpc) is 2.42. The molecule has 0 bridgehead atoms. The molecule has 0 saturated carbocycles. The van der Waals surface area contributed by atoms with Crippen molar-refractivity contribution in [2.24, 2.45) is 0 Å². The van der Waals surface area contributed by atoms with Crippen molar-refractivity contribution < 1.29 is 13.6 Å². The molecule has 0 saturated heterocycles. The van der Waals surface area contributed by atoms with Crippen molar-refractivity contribution in [3.8, 4) is 0 Å². The Morgan fingerprint density at radius 1 is 1.14 bits per heavy atom. The van der Waals surface area contributed by atoms with Crippen LogP contribution in [0.15, 0.2) is 36.4 Å². The van der Waals surface area contributed by atoms with Gasteiger partial charge in [0.25, 0.3) is 0 Å². The zero-order chi connectivity index (χ0) is 15.4. The normalized spacial score (nSPS) is 10.3. The van der Waals surface area contributed by atoms with E-state index >= 15 is 0 Å². The van der Waals surface area contributed by atoms with Crippen LogP contribution in [-0.4, -0.2) is 5.91 Å². The lowest BCUT2D eigenvalue weighted by Gasteiger charge is -2.10. The molecule has 21 heavy (non-hydrogen) atoms. The molecule has 0 aliphatic heterocycles. The minimum atomic E-state index is -0.525. The first-order valence-electron chi connectivity index (χ1n) is 6.20. The largest absolute Gasteiger partial charge is 0.379 e. The Labute approximate surface area is 125 Å². The van der Waals surface area contributed by atoms with Crippen molar-refractivity contribution >= 4 is 28.9 Å². The Morgan fingerprint density at radius 3 is 2.57 bits per heavy atom. The van der Waals surface area contributed by atoms with Gasteiger partial charge in [0.2, 0.25) is 5.91 Å². The quantitative estimate of drug-likeness (QED) is 0.889. The maximum atomic E-state index is 13.7. The van der Waals surface area contributed by atoms with E-state index in [2.05, 4.69) is 10.6 Å². The van der Waals surface area contributed by atoms with Crippen LogP contribution < -0.4 is 10.6 Å². The summed E-state index contributed by atoms with van der Waals surface area (Å²) in [7, 11) is 0. The van der Waals surface area contributed by atoms with E-state index in [1.54, 1.807) is 6.07 Å². The Hall–Kier alpha value is -2.14. The lowest BCUT2D eigenvalue weighted by molar-refractivity contribution is -0.114. The molecule has 2 rings (SSSR count). The van der Waals surface area contributed by atoms with Crippen molar-refractivity contribution in [3.63, 3.8) is 0 Å². The van der Waals surface area contributed by atoms with Crippen molar-refractivity contribution in [3.05, 3.63) is 58.6 Å². The Bertz CT molecular complexity index is 677. The van der Waals surface area contributed by atoms with E-state index in [-0.39, 0.29) is 23.2 Å². The van der Waals surface area contributed by atoms with Crippen LogP contribution in [0.5, 0.6) is 0 Å². The minimum absolute atomic E-state index is 0.0394. The van der Waals surface area contributed by atoms with Gasteiger partial charge in [0.1, 0.15) is 11.6 Å². The van der Waals surface area contributed by atoms with Gasteiger partial charge in [-0.1, -0.05) is 17.7 Å². The number of anilines is 2. The molecule has 0 fully saturated rings. The van der Waals surface area contributed by atoms with Gasteiger partial charge in [0.15, 0.2) is 0 Å². The Kier molecular flexibility index (Phi) is 4.75. The zero-order valence-electron chi connectivity index (χ0n) is 11.2. The highest BCUT2D eigenvalue weighted by Crippen LogP contribution is 2.21. The van der Waals surface area contributed by atoms with Crippen LogP contribution in [0.2, 0.25) is 5.02 Å². The maximum Gasteiger partial charge on any atom is 0.221 e. The minimum Gasteiger partial charge on any atom is -0.379 e. The van der Waals surface area contributed by atoms with Gasteiger partial charge in [-0.25, -0.2) is 8.78 Å². The maximum absolute atomic E-state index is 13.7. The van der Waals surface area contributed by atoms with Gasteiger partial charge in [-0.3, -0.25) is 4.79 Å². The van der Waals surface area contributed by atoms with Crippen molar-refractivity contribution in [1.82, 2.24) is 0 Å². The first-order valence-corrected chi connectivity index (χ1v) is 6.58. The second kappa shape index (κ2) is 6.54. The summed E-state index contributed by atoms with van der Waals surface area (Å²) in [5.74, 6) is -1.23. The van der Waals surface area contributed by atoms with Gasteiger partial charge < -0.3 is 10.6 Å². The lowest BCUT2D eigenvalue weighted by atomic mass is 10.2. The first kappa shape index (κ1) is 15.3. The fourth-order valence-corrected chi connectivity index (χ4v) is 1.91. The molecule has 0 aliphatic carbocycles. The summed E-state index contributed by atoms with van der Waals surface area (Å²) in [5, 5.41) is 5.46. The molecule has 3 nitrogen and oxygen atoms in total. The average molecular weight is 311 g/mol. The van der Waals surface area contributed by atoms with E-state index in [0.29, 0.717) is 11.3 Å².